The highest BCUT2D eigenvalue weighted by Crippen LogP contribution is 2.06. The summed E-state index contributed by atoms with van der Waals surface area (Å²) in [6, 6.07) is -0.474. The van der Waals surface area contributed by atoms with E-state index in [9.17, 15) is 13.6 Å². The van der Waals surface area contributed by atoms with E-state index in [0.717, 1.165) is 0 Å². The van der Waals surface area contributed by atoms with Crippen molar-refractivity contribution in [3.8, 4) is 0 Å². The van der Waals surface area contributed by atoms with Crippen molar-refractivity contribution in [2.45, 2.75) is 32.4 Å². The summed E-state index contributed by atoms with van der Waals surface area (Å²) in [4.78, 5) is 13.3. The summed E-state index contributed by atoms with van der Waals surface area (Å²) in [7, 11) is 3.61. The van der Waals surface area contributed by atoms with Crippen molar-refractivity contribution >= 4 is 17.2 Å². The van der Waals surface area contributed by atoms with E-state index in [1.54, 1.807) is 39.8 Å². The van der Waals surface area contributed by atoms with Gasteiger partial charge in [0.1, 0.15) is 5.60 Å². The molecule has 1 amide bonds. The van der Waals surface area contributed by atoms with E-state index < -0.39 is 28.8 Å². The average molecular weight is 265 g/mol. The summed E-state index contributed by atoms with van der Waals surface area (Å²) in [5.74, 6) is -0.128. The Kier molecular flexibility index (Phi) is 6.66. The molecule has 1 unspecified atom stereocenters. The Balaban J connectivity index is 4.32. The van der Waals surface area contributed by atoms with Crippen LogP contribution in [0.25, 0.3) is 0 Å². The van der Waals surface area contributed by atoms with Crippen molar-refractivity contribution in [1.29, 1.82) is 0 Å². The molecule has 2 atom stereocenters. The van der Waals surface area contributed by atoms with Gasteiger partial charge in [-0.2, -0.15) is 0 Å². The molecule has 0 aromatic rings. The molecule has 0 radical (unpaired) electrons. The van der Waals surface area contributed by atoms with Gasteiger partial charge in [-0.25, -0.2) is 4.79 Å². The topological polar surface area (TPSA) is 81.7 Å². The standard InChI is InChI=1S/C10H22N2O4S/c1-10(2,3)16-9(13)11-8(6-12(4)5)7-17(14)15/h8H,6-7H2,1-5H3,(H,11,13)(H,14,15)/p-1/t8-/m1/s1. The van der Waals surface area contributed by atoms with Crippen LogP contribution in [0.5, 0.6) is 0 Å². The largest absolute Gasteiger partial charge is 0.772 e. The maximum atomic E-state index is 11.5. The summed E-state index contributed by atoms with van der Waals surface area (Å²) < 4.78 is 26.4. The van der Waals surface area contributed by atoms with Crippen LogP contribution in [-0.4, -0.2) is 57.8 Å². The number of hydrogen-bond acceptors (Lipinski definition) is 5. The molecule has 0 fully saturated rings. The first-order valence-electron chi connectivity index (χ1n) is 5.30. The van der Waals surface area contributed by atoms with Crippen LogP contribution >= 0.6 is 0 Å². The molecule has 1 N–H and O–H groups in total. The van der Waals surface area contributed by atoms with Crippen molar-refractivity contribution in [2.24, 2.45) is 0 Å². The third-order valence-electron chi connectivity index (χ3n) is 1.64. The molecule has 0 spiro atoms. The van der Waals surface area contributed by atoms with Crippen LogP contribution < -0.4 is 5.32 Å². The molecule has 0 aliphatic heterocycles. The average Bonchev–Trinajstić information content (AvgIpc) is 1.95. The lowest BCUT2D eigenvalue weighted by atomic mass is 10.2. The summed E-state index contributed by atoms with van der Waals surface area (Å²) >= 11 is -2.20. The molecule has 0 aliphatic carbocycles. The van der Waals surface area contributed by atoms with Gasteiger partial charge in [-0.3, -0.25) is 4.21 Å². The van der Waals surface area contributed by atoms with Crippen molar-refractivity contribution in [2.75, 3.05) is 26.4 Å². The van der Waals surface area contributed by atoms with Crippen molar-refractivity contribution < 1.29 is 18.3 Å². The van der Waals surface area contributed by atoms with Gasteiger partial charge in [-0.1, -0.05) is 11.1 Å². The minimum atomic E-state index is -2.20. The molecule has 0 rings (SSSR count). The van der Waals surface area contributed by atoms with Crippen LogP contribution in [0.15, 0.2) is 0 Å². The van der Waals surface area contributed by atoms with Crippen LogP contribution in [0.1, 0.15) is 20.8 Å². The lowest BCUT2D eigenvalue weighted by molar-refractivity contribution is 0.0503. The lowest BCUT2D eigenvalue weighted by Gasteiger charge is -2.25. The monoisotopic (exact) mass is 265 g/mol. The Hall–Kier alpha value is -0.660. The molecular weight excluding hydrogens is 244 g/mol. The molecule has 17 heavy (non-hydrogen) atoms. The van der Waals surface area contributed by atoms with E-state index in [-0.39, 0.29) is 5.75 Å². The summed E-state index contributed by atoms with van der Waals surface area (Å²) in [5, 5.41) is 2.54. The number of amides is 1. The first kappa shape index (κ1) is 16.3. The molecule has 0 saturated carbocycles. The SMILES string of the molecule is CN(C)C[C@H](CS(=O)[O-])NC(=O)OC(C)(C)C. The van der Waals surface area contributed by atoms with Gasteiger partial charge < -0.3 is 19.5 Å². The molecule has 0 bridgehead atoms. The number of likely N-dealkylation sites (N-methyl/N-ethyl adjacent to an activating group) is 1. The fourth-order valence-corrected chi connectivity index (χ4v) is 1.74. The van der Waals surface area contributed by atoms with E-state index in [2.05, 4.69) is 5.32 Å². The van der Waals surface area contributed by atoms with Gasteiger partial charge in [0.25, 0.3) is 0 Å². The van der Waals surface area contributed by atoms with E-state index >= 15 is 0 Å². The van der Waals surface area contributed by atoms with Gasteiger partial charge in [0.15, 0.2) is 0 Å². The zero-order valence-corrected chi connectivity index (χ0v) is 11.8. The summed E-state index contributed by atoms with van der Waals surface area (Å²) in [6.45, 7) is 5.69. The van der Waals surface area contributed by atoms with Crippen LogP contribution in [0.3, 0.4) is 0 Å². The van der Waals surface area contributed by atoms with Crippen LogP contribution in [0, 0.1) is 0 Å². The molecule has 0 heterocycles. The Morgan fingerprint density at radius 3 is 2.35 bits per heavy atom. The number of rotatable bonds is 5. The number of alkyl carbamates (subject to hydrolysis) is 1. The first-order valence-corrected chi connectivity index (χ1v) is 6.54. The van der Waals surface area contributed by atoms with Gasteiger partial charge in [0, 0.05) is 12.3 Å². The summed E-state index contributed by atoms with van der Waals surface area (Å²) in [5.41, 5.74) is -0.594. The zero-order chi connectivity index (χ0) is 13.6. The minimum Gasteiger partial charge on any atom is -0.772 e. The van der Waals surface area contributed by atoms with Crippen LogP contribution in [0.2, 0.25) is 0 Å². The first-order chi connectivity index (χ1) is 7.60. The van der Waals surface area contributed by atoms with Gasteiger partial charge >= 0.3 is 6.09 Å². The highest BCUT2D eigenvalue weighted by molar-refractivity contribution is 7.79. The molecular formula is C10H21N2O4S-. The van der Waals surface area contributed by atoms with Crippen molar-refractivity contribution in [3.63, 3.8) is 0 Å². The van der Waals surface area contributed by atoms with Gasteiger partial charge in [-0.05, 0) is 34.9 Å². The third kappa shape index (κ3) is 10.2. The fraction of sp³-hybridized carbons (Fsp3) is 0.900. The van der Waals surface area contributed by atoms with Crippen LogP contribution in [0.4, 0.5) is 4.79 Å². The highest BCUT2D eigenvalue weighted by atomic mass is 32.2. The molecule has 102 valence electrons. The van der Waals surface area contributed by atoms with E-state index in [1.807, 2.05) is 0 Å². The van der Waals surface area contributed by atoms with Gasteiger partial charge in [0.2, 0.25) is 0 Å². The Morgan fingerprint density at radius 1 is 1.47 bits per heavy atom. The molecule has 7 heteroatoms. The molecule has 0 aliphatic rings. The second-order valence-corrected chi connectivity index (χ2v) is 6.02. The third-order valence-corrected chi connectivity index (χ3v) is 2.32. The second kappa shape index (κ2) is 6.93. The molecule has 0 aromatic carbocycles. The Morgan fingerprint density at radius 2 is 2.00 bits per heavy atom. The summed E-state index contributed by atoms with van der Waals surface area (Å²) in [6.07, 6.45) is -0.602. The van der Waals surface area contributed by atoms with Gasteiger partial charge in [0.05, 0.1) is 6.04 Å². The van der Waals surface area contributed by atoms with E-state index in [0.29, 0.717) is 6.54 Å². The Bertz CT molecular complexity index is 276. The predicted molar refractivity (Wildman–Crippen MR) is 65.5 cm³/mol. The number of nitrogens with zero attached hydrogens (tertiary/aromatic N) is 1. The quantitative estimate of drug-likeness (QED) is 0.724. The van der Waals surface area contributed by atoms with Crippen molar-refractivity contribution in [1.82, 2.24) is 10.2 Å². The number of hydrogen-bond donors (Lipinski definition) is 1. The smallest absolute Gasteiger partial charge is 0.407 e. The van der Waals surface area contributed by atoms with Gasteiger partial charge in [-0.15, -0.1) is 0 Å². The van der Waals surface area contributed by atoms with E-state index in [4.69, 9.17) is 4.74 Å². The lowest BCUT2D eigenvalue weighted by Crippen LogP contribution is -2.46. The predicted octanol–water partition coefficient (Wildman–Crippen LogP) is 0.320. The minimum absolute atomic E-state index is 0.128. The molecule has 0 aromatic heterocycles. The highest BCUT2D eigenvalue weighted by Gasteiger charge is 2.19. The van der Waals surface area contributed by atoms with Crippen LogP contribution in [-0.2, 0) is 15.8 Å². The number of nitrogens with one attached hydrogen (secondary N) is 1. The fourth-order valence-electron chi connectivity index (χ4n) is 1.22. The molecule has 0 saturated heterocycles. The Labute approximate surface area is 105 Å². The second-order valence-electron chi connectivity index (χ2n) is 5.08. The number of ether oxygens (including phenoxy) is 1. The van der Waals surface area contributed by atoms with E-state index in [1.165, 1.54) is 0 Å². The molecule has 6 nitrogen and oxygen atoms in total. The number of carbonyl (C=O) groups is 1. The normalized spacial score (nSPS) is 15.5. The maximum absolute atomic E-state index is 11.5. The van der Waals surface area contributed by atoms with Crippen molar-refractivity contribution in [3.05, 3.63) is 0 Å². The maximum Gasteiger partial charge on any atom is 0.407 e. The number of carbonyl (C=O) groups excluding carboxylic acids is 1. The zero-order valence-electron chi connectivity index (χ0n) is 11.0.